The molecular formula is C13H16N4O3. The van der Waals surface area contributed by atoms with Crippen LogP contribution in [0.25, 0.3) is 11.1 Å². The molecular weight excluding hydrogens is 260 g/mol. The first-order chi connectivity index (χ1) is 9.65. The van der Waals surface area contributed by atoms with Gasteiger partial charge in [-0.05, 0) is 26.2 Å². The van der Waals surface area contributed by atoms with E-state index in [1.807, 2.05) is 6.92 Å². The van der Waals surface area contributed by atoms with E-state index >= 15 is 0 Å². The lowest BCUT2D eigenvalue weighted by Gasteiger charge is -2.27. The second-order valence-corrected chi connectivity index (χ2v) is 5.21. The Hall–Kier alpha value is -2.18. The van der Waals surface area contributed by atoms with Crippen LogP contribution in [0.3, 0.4) is 0 Å². The van der Waals surface area contributed by atoms with Crippen LogP contribution >= 0.6 is 0 Å². The Bertz CT molecular complexity index is 640. The number of anilines is 1. The van der Waals surface area contributed by atoms with E-state index in [9.17, 15) is 4.79 Å². The Morgan fingerprint density at radius 2 is 2.30 bits per heavy atom. The second kappa shape index (κ2) is 5.07. The fourth-order valence-corrected chi connectivity index (χ4v) is 2.77. The summed E-state index contributed by atoms with van der Waals surface area (Å²) in [5.74, 6) is -0.322. The zero-order valence-electron chi connectivity index (χ0n) is 11.2. The third kappa shape index (κ3) is 2.31. The van der Waals surface area contributed by atoms with Gasteiger partial charge in [-0.25, -0.2) is 4.98 Å². The number of rotatable bonds is 3. The number of fused-ring (bicyclic) bond motifs is 1. The zero-order chi connectivity index (χ0) is 14.1. The molecule has 0 spiro atoms. The van der Waals surface area contributed by atoms with Crippen LogP contribution in [0.4, 0.5) is 5.82 Å². The molecule has 7 heteroatoms. The molecule has 1 aliphatic rings. The Morgan fingerprint density at radius 3 is 3.10 bits per heavy atom. The van der Waals surface area contributed by atoms with Crippen molar-refractivity contribution < 1.29 is 14.4 Å². The number of aromatic nitrogens is 3. The highest BCUT2D eigenvalue weighted by Crippen LogP contribution is 2.29. The number of hydrogen-bond donors (Lipinski definition) is 2. The standard InChI is InChI=1S/C13H16N4O3/c1-7-10-11(14-6-15-12(10)20-17-7)16-9-4-2-3-8(5-9)13(18)19/h6,8-9H,2-5H2,1H3,(H,18,19)(H,14,15,16). The summed E-state index contributed by atoms with van der Waals surface area (Å²) in [5, 5.41) is 17.1. The average Bonchev–Trinajstić information content (AvgIpc) is 2.82. The number of aryl methyl sites for hydroxylation is 1. The highest BCUT2D eigenvalue weighted by molar-refractivity contribution is 5.87. The molecule has 2 unspecified atom stereocenters. The van der Waals surface area contributed by atoms with Crippen molar-refractivity contribution in [2.45, 2.75) is 38.6 Å². The van der Waals surface area contributed by atoms with Crippen molar-refractivity contribution in [3.8, 4) is 0 Å². The molecule has 1 aliphatic carbocycles. The maximum Gasteiger partial charge on any atom is 0.306 e. The van der Waals surface area contributed by atoms with Crippen LogP contribution < -0.4 is 5.32 Å². The second-order valence-electron chi connectivity index (χ2n) is 5.21. The smallest absolute Gasteiger partial charge is 0.306 e. The molecule has 2 aromatic heterocycles. The van der Waals surface area contributed by atoms with Crippen LogP contribution in [0, 0.1) is 12.8 Å². The molecule has 106 valence electrons. The van der Waals surface area contributed by atoms with Gasteiger partial charge in [-0.2, -0.15) is 4.98 Å². The summed E-state index contributed by atoms with van der Waals surface area (Å²) in [6.07, 6.45) is 4.64. The maximum atomic E-state index is 11.1. The van der Waals surface area contributed by atoms with Crippen molar-refractivity contribution in [2.24, 2.45) is 5.92 Å². The fourth-order valence-electron chi connectivity index (χ4n) is 2.77. The number of carboxylic acids is 1. The van der Waals surface area contributed by atoms with E-state index in [1.54, 1.807) is 0 Å². The zero-order valence-corrected chi connectivity index (χ0v) is 11.2. The highest BCUT2D eigenvalue weighted by atomic mass is 16.5. The summed E-state index contributed by atoms with van der Waals surface area (Å²) in [7, 11) is 0. The third-order valence-corrected chi connectivity index (χ3v) is 3.81. The van der Waals surface area contributed by atoms with Crippen LogP contribution in [-0.2, 0) is 4.79 Å². The lowest BCUT2D eigenvalue weighted by Crippen LogP contribution is -2.31. The lowest BCUT2D eigenvalue weighted by atomic mass is 9.86. The first-order valence-electron chi connectivity index (χ1n) is 6.71. The van der Waals surface area contributed by atoms with Gasteiger partial charge in [-0.1, -0.05) is 11.6 Å². The number of carboxylic acid groups (broad SMARTS) is 1. The van der Waals surface area contributed by atoms with Crippen LogP contribution in [0.1, 0.15) is 31.4 Å². The van der Waals surface area contributed by atoms with Gasteiger partial charge < -0.3 is 14.9 Å². The molecule has 0 aromatic carbocycles. The Kier molecular flexibility index (Phi) is 3.25. The molecule has 3 rings (SSSR count). The Morgan fingerprint density at radius 1 is 1.45 bits per heavy atom. The molecule has 2 atom stereocenters. The van der Waals surface area contributed by atoms with Gasteiger partial charge in [0.1, 0.15) is 17.5 Å². The molecule has 0 saturated heterocycles. The molecule has 1 saturated carbocycles. The summed E-state index contributed by atoms with van der Waals surface area (Å²) in [5.41, 5.74) is 1.18. The fraction of sp³-hybridized carbons (Fsp3) is 0.538. The summed E-state index contributed by atoms with van der Waals surface area (Å²) in [6.45, 7) is 1.83. The van der Waals surface area contributed by atoms with Crippen molar-refractivity contribution in [1.29, 1.82) is 0 Å². The monoisotopic (exact) mass is 276 g/mol. The average molecular weight is 276 g/mol. The minimum absolute atomic E-state index is 0.109. The number of nitrogens with one attached hydrogen (secondary N) is 1. The minimum Gasteiger partial charge on any atom is -0.481 e. The van der Waals surface area contributed by atoms with Gasteiger partial charge in [-0.15, -0.1) is 0 Å². The van der Waals surface area contributed by atoms with Crippen molar-refractivity contribution >= 4 is 22.9 Å². The lowest BCUT2D eigenvalue weighted by molar-refractivity contribution is -0.142. The van der Waals surface area contributed by atoms with Gasteiger partial charge in [0.2, 0.25) is 0 Å². The Balaban J connectivity index is 1.82. The molecule has 20 heavy (non-hydrogen) atoms. The van der Waals surface area contributed by atoms with E-state index in [0.29, 0.717) is 18.0 Å². The van der Waals surface area contributed by atoms with Crippen LogP contribution in [0.15, 0.2) is 10.9 Å². The number of aliphatic carboxylic acids is 1. The van der Waals surface area contributed by atoms with E-state index in [2.05, 4.69) is 20.4 Å². The third-order valence-electron chi connectivity index (χ3n) is 3.81. The molecule has 2 N–H and O–H groups in total. The first-order valence-corrected chi connectivity index (χ1v) is 6.71. The predicted molar refractivity (Wildman–Crippen MR) is 71.3 cm³/mol. The minimum atomic E-state index is -0.717. The van der Waals surface area contributed by atoms with Crippen molar-refractivity contribution in [1.82, 2.24) is 15.1 Å². The Labute approximate surface area is 115 Å². The van der Waals surface area contributed by atoms with E-state index in [-0.39, 0.29) is 12.0 Å². The number of nitrogens with zero attached hydrogens (tertiary/aromatic N) is 3. The maximum absolute atomic E-state index is 11.1. The largest absolute Gasteiger partial charge is 0.481 e. The van der Waals surface area contributed by atoms with E-state index < -0.39 is 5.97 Å². The summed E-state index contributed by atoms with van der Waals surface area (Å²) in [4.78, 5) is 19.4. The van der Waals surface area contributed by atoms with Crippen LogP contribution in [0.5, 0.6) is 0 Å². The molecule has 7 nitrogen and oxygen atoms in total. The highest BCUT2D eigenvalue weighted by Gasteiger charge is 2.27. The quantitative estimate of drug-likeness (QED) is 0.883. The van der Waals surface area contributed by atoms with E-state index in [4.69, 9.17) is 9.63 Å². The van der Waals surface area contributed by atoms with Gasteiger partial charge in [-0.3, -0.25) is 4.79 Å². The molecule has 2 aromatic rings. The molecule has 1 fully saturated rings. The van der Waals surface area contributed by atoms with Gasteiger partial charge in [0.05, 0.1) is 11.6 Å². The molecule has 0 bridgehead atoms. The first kappa shape index (κ1) is 12.8. The summed E-state index contributed by atoms with van der Waals surface area (Å²) in [6, 6.07) is 0.109. The predicted octanol–water partition coefficient (Wildman–Crippen LogP) is 1.98. The van der Waals surface area contributed by atoms with Crippen LogP contribution in [-0.4, -0.2) is 32.2 Å². The number of carbonyl (C=O) groups is 1. The molecule has 2 heterocycles. The topological polar surface area (TPSA) is 101 Å². The van der Waals surface area contributed by atoms with Gasteiger partial charge >= 0.3 is 5.97 Å². The molecule has 0 amide bonds. The van der Waals surface area contributed by atoms with Crippen LogP contribution in [0.2, 0.25) is 0 Å². The van der Waals surface area contributed by atoms with Gasteiger partial charge in [0, 0.05) is 6.04 Å². The molecule has 0 aliphatic heterocycles. The normalized spacial score (nSPS) is 22.9. The van der Waals surface area contributed by atoms with Gasteiger partial charge in [0.15, 0.2) is 0 Å². The number of hydrogen-bond acceptors (Lipinski definition) is 6. The van der Waals surface area contributed by atoms with Gasteiger partial charge in [0.25, 0.3) is 5.71 Å². The van der Waals surface area contributed by atoms with Crippen molar-refractivity contribution in [3.63, 3.8) is 0 Å². The van der Waals surface area contributed by atoms with E-state index in [0.717, 1.165) is 30.3 Å². The van der Waals surface area contributed by atoms with Crippen molar-refractivity contribution in [3.05, 3.63) is 12.0 Å². The van der Waals surface area contributed by atoms with Crippen molar-refractivity contribution in [2.75, 3.05) is 5.32 Å². The molecule has 0 radical (unpaired) electrons. The summed E-state index contributed by atoms with van der Waals surface area (Å²) >= 11 is 0. The SMILES string of the molecule is Cc1noc2ncnc(NC3CCCC(C(=O)O)C3)c12. The van der Waals surface area contributed by atoms with E-state index in [1.165, 1.54) is 6.33 Å². The summed E-state index contributed by atoms with van der Waals surface area (Å²) < 4.78 is 5.10.